The van der Waals surface area contributed by atoms with E-state index >= 15 is 0 Å². The van der Waals surface area contributed by atoms with Gasteiger partial charge in [0.15, 0.2) is 0 Å². The van der Waals surface area contributed by atoms with Crippen molar-refractivity contribution in [2.24, 2.45) is 17.8 Å². The fraction of sp³-hybridized carbons (Fsp3) is 0.105. The Labute approximate surface area is 162 Å². The standard InChI is InChI=1S/C19H20N5OPS/c1-12-15(27-19(25)24(12)2)8-9-26-16-10-14(13-6-4-3-5-7-13)17(23-16)18(21)22-11-20/h3-8,10-11,23,26H,1,9H2,2H3,(H3,20,21,22)/b15-8+. The third-order valence-electron chi connectivity index (χ3n) is 4.10. The molecule has 1 atom stereocenters. The van der Waals surface area contributed by atoms with Crippen molar-refractivity contribution in [1.82, 2.24) is 9.55 Å². The average molecular weight is 397 g/mol. The summed E-state index contributed by atoms with van der Waals surface area (Å²) in [4.78, 5) is 18.9. The summed E-state index contributed by atoms with van der Waals surface area (Å²) in [5.41, 5.74) is 9.79. The monoisotopic (exact) mass is 397 g/mol. The van der Waals surface area contributed by atoms with E-state index in [0.717, 1.165) is 44.6 Å². The number of thiazole rings is 1. The van der Waals surface area contributed by atoms with Crippen LogP contribution in [0.15, 0.2) is 46.2 Å². The molecule has 0 amide bonds. The van der Waals surface area contributed by atoms with Crippen LogP contribution in [0.1, 0.15) is 5.69 Å². The molecule has 6 nitrogen and oxygen atoms in total. The van der Waals surface area contributed by atoms with Gasteiger partial charge >= 0.3 is 4.87 Å². The molecular weight excluding hydrogens is 377 g/mol. The Bertz CT molecular complexity index is 1160. The Morgan fingerprint density at radius 3 is 2.81 bits per heavy atom. The van der Waals surface area contributed by atoms with E-state index in [1.807, 2.05) is 36.4 Å². The second-order valence-corrected chi connectivity index (χ2v) is 8.10. The number of rotatable bonds is 6. The maximum atomic E-state index is 11.7. The lowest BCUT2D eigenvalue weighted by Crippen LogP contribution is -2.28. The van der Waals surface area contributed by atoms with Crippen molar-refractivity contribution in [2.75, 3.05) is 6.16 Å². The smallest absolute Gasteiger partial charge is 0.307 e. The highest BCUT2D eigenvalue weighted by molar-refractivity contribution is 7.47. The molecule has 1 unspecified atom stereocenters. The maximum absolute atomic E-state index is 11.7. The van der Waals surface area contributed by atoms with Crippen molar-refractivity contribution in [3.63, 3.8) is 0 Å². The first-order valence-electron chi connectivity index (χ1n) is 8.21. The van der Waals surface area contributed by atoms with E-state index in [0.29, 0.717) is 8.58 Å². The van der Waals surface area contributed by atoms with Crippen LogP contribution in [0.5, 0.6) is 0 Å². The van der Waals surface area contributed by atoms with Gasteiger partial charge in [0.2, 0.25) is 0 Å². The van der Waals surface area contributed by atoms with Gasteiger partial charge in [-0.2, -0.15) is 0 Å². The summed E-state index contributed by atoms with van der Waals surface area (Å²) < 4.78 is 2.48. The number of H-pyrrole nitrogens is 1. The van der Waals surface area contributed by atoms with Gasteiger partial charge in [-0.15, -0.1) is 0 Å². The van der Waals surface area contributed by atoms with E-state index in [2.05, 4.69) is 22.6 Å². The lowest BCUT2D eigenvalue weighted by Gasteiger charge is -2.02. The predicted octanol–water partition coefficient (Wildman–Crippen LogP) is 0.949. The number of nitrogens with one attached hydrogen (secondary N) is 2. The highest BCUT2D eigenvalue weighted by atomic mass is 32.1. The summed E-state index contributed by atoms with van der Waals surface area (Å²) in [5, 5.41) is 7.91. The molecule has 27 heavy (non-hydrogen) atoms. The number of aromatic amines is 1. The summed E-state index contributed by atoms with van der Waals surface area (Å²) in [6, 6.07) is 12.0. The van der Waals surface area contributed by atoms with Gasteiger partial charge in [0.25, 0.3) is 0 Å². The summed E-state index contributed by atoms with van der Waals surface area (Å²) in [6.07, 6.45) is 3.77. The second-order valence-electron chi connectivity index (χ2n) is 5.80. The predicted molar refractivity (Wildman–Crippen MR) is 117 cm³/mol. The summed E-state index contributed by atoms with van der Waals surface area (Å²) in [6.45, 7) is 3.95. The maximum Gasteiger partial charge on any atom is 0.307 e. The number of hydrogen-bond donors (Lipinski definition) is 3. The molecule has 138 valence electrons. The molecule has 0 bridgehead atoms. The third-order valence-corrected chi connectivity index (χ3v) is 6.23. The lowest BCUT2D eigenvalue weighted by molar-refractivity contribution is 0.860. The van der Waals surface area contributed by atoms with E-state index in [4.69, 9.17) is 11.1 Å². The minimum absolute atomic E-state index is 0.00117. The van der Waals surface area contributed by atoms with Gasteiger partial charge in [-0.1, -0.05) is 62.9 Å². The average Bonchev–Trinajstić information content (AvgIpc) is 3.20. The Balaban J connectivity index is 1.91. The molecule has 0 aliphatic heterocycles. The molecule has 0 spiro atoms. The molecule has 3 rings (SSSR count). The SMILES string of the molecule is C=c1/c(=C\CPc2cc(-c3ccccc3)c(/C(N)=N\C=N)[nH]2)sc(=O)n1C. The van der Waals surface area contributed by atoms with Crippen LogP contribution in [0.25, 0.3) is 23.8 Å². The quantitative estimate of drug-likeness (QED) is 0.328. The first-order chi connectivity index (χ1) is 13.0. The zero-order valence-corrected chi connectivity index (χ0v) is 16.6. The molecule has 0 saturated heterocycles. The second kappa shape index (κ2) is 8.29. The molecule has 0 aliphatic carbocycles. The zero-order chi connectivity index (χ0) is 19.4. The van der Waals surface area contributed by atoms with Gasteiger partial charge in [-0.25, -0.2) is 4.99 Å². The minimum atomic E-state index is -0.00117. The van der Waals surface area contributed by atoms with Crippen LogP contribution in [0.2, 0.25) is 0 Å². The highest BCUT2D eigenvalue weighted by Gasteiger charge is 2.13. The van der Waals surface area contributed by atoms with E-state index < -0.39 is 0 Å². The Hall–Kier alpha value is -2.76. The van der Waals surface area contributed by atoms with E-state index in [1.54, 1.807) is 11.6 Å². The Morgan fingerprint density at radius 2 is 2.19 bits per heavy atom. The Kier molecular flexibility index (Phi) is 5.84. The van der Waals surface area contributed by atoms with Crippen molar-refractivity contribution in [1.29, 1.82) is 5.41 Å². The topological polar surface area (TPSA) is 100 Å². The van der Waals surface area contributed by atoms with E-state index in [1.165, 1.54) is 11.3 Å². The number of nitrogens with two attached hydrogens (primary N) is 1. The van der Waals surface area contributed by atoms with Crippen molar-refractivity contribution < 1.29 is 0 Å². The van der Waals surface area contributed by atoms with E-state index in [9.17, 15) is 4.79 Å². The van der Waals surface area contributed by atoms with Gasteiger partial charge in [-0.3, -0.25) is 10.2 Å². The van der Waals surface area contributed by atoms with Crippen molar-refractivity contribution in [3.8, 4) is 11.1 Å². The third kappa shape index (κ3) is 4.15. The fourth-order valence-corrected chi connectivity index (χ4v) is 4.63. The number of hydrogen-bond acceptors (Lipinski definition) is 3. The molecular formula is C19H20N5OPS. The Morgan fingerprint density at radius 1 is 1.44 bits per heavy atom. The minimum Gasteiger partial charge on any atom is -0.382 e. The summed E-state index contributed by atoms with van der Waals surface area (Å²) in [7, 11) is 2.21. The van der Waals surface area contributed by atoms with Crippen molar-refractivity contribution in [2.45, 2.75) is 0 Å². The normalized spacial score (nSPS) is 12.9. The number of aliphatic imine (C=N–C) groups is 1. The van der Waals surface area contributed by atoms with Gasteiger partial charge in [0, 0.05) is 18.0 Å². The number of nitrogens with zero attached hydrogens (tertiary/aromatic N) is 2. The van der Waals surface area contributed by atoms with Gasteiger partial charge in [0.05, 0.1) is 15.6 Å². The molecule has 8 heteroatoms. The fourth-order valence-electron chi connectivity index (χ4n) is 2.64. The van der Waals surface area contributed by atoms with Crippen LogP contribution in [-0.4, -0.2) is 27.9 Å². The van der Waals surface area contributed by atoms with E-state index in [-0.39, 0.29) is 10.7 Å². The van der Waals surface area contributed by atoms with Crippen LogP contribution >= 0.6 is 19.9 Å². The molecule has 1 aromatic carbocycles. The first-order valence-corrected chi connectivity index (χ1v) is 10.2. The summed E-state index contributed by atoms with van der Waals surface area (Å²) >= 11 is 1.21. The van der Waals surface area contributed by atoms with Gasteiger partial charge in [0.1, 0.15) is 12.2 Å². The highest BCUT2D eigenvalue weighted by Crippen LogP contribution is 2.24. The molecule has 2 heterocycles. The van der Waals surface area contributed by atoms with Crippen LogP contribution in [0, 0.1) is 5.41 Å². The molecule has 0 saturated carbocycles. The molecule has 2 aromatic heterocycles. The lowest BCUT2D eigenvalue weighted by atomic mass is 10.1. The molecule has 3 aromatic rings. The number of benzene rings is 1. The van der Waals surface area contributed by atoms with Gasteiger partial charge in [-0.05, 0) is 17.8 Å². The zero-order valence-electron chi connectivity index (χ0n) is 14.8. The first kappa shape index (κ1) is 19.0. The molecule has 0 radical (unpaired) electrons. The molecule has 0 fully saturated rings. The van der Waals surface area contributed by atoms with Crippen LogP contribution in [0.3, 0.4) is 0 Å². The van der Waals surface area contributed by atoms with Crippen LogP contribution in [0.4, 0.5) is 0 Å². The number of amidine groups is 1. The van der Waals surface area contributed by atoms with Crippen LogP contribution < -0.4 is 25.9 Å². The summed E-state index contributed by atoms with van der Waals surface area (Å²) in [5.74, 6) is 0.283. The van der Waals surface area contributed by atoms with Crippen molar-refractivity contribution >= 4 is 50.2 Å². The number of aromatic nitrogens is 2. The van der Waals surface area contributed by atoms with Gasteiger partial charge < -0.3 is 15.3 Å². The molecule has 4 N–H and O–H groups in total. The molecule has 0 aliphatic rings. The van der Waals surface area contributed by atoms with Crippen molar-refractivity contribution in [3.05, 3.63) is 61.6 Å². The van der Waals surface area contributed by atoms with Crippen LogP contribution in [-0.2, 0) is 7.05 Å². The largest absolute Gasteiger partial charge is 0.382 e.